The highest BCUT2D eigenvalue weighted by molar-refractivity contribution is 5.86. The van der Waals surface area contributed by atoms with Gasteiger partial charge in [-0.1, -0.05) is 12.1 Å². The number of nitrogens with two attached hydrogens (primary N) is 3. The summed E-state index contributed by atoms with van der Waals surface area (Å²) >= 11 is 0. The molecule has 148 valence electrons. The number of aliphatic imine (C=N–C) groups is 1. The second-order valence-electron chi connectivity index (χ2n) is 5.90. The molecule has 0 aliphatic heterocycles. The Morgan fingerprint density at radius 2 is 1.85 bits per heavy atom. The van der Waals surface area contributed by atoms with Gasteiger partial charge in [0.25, 0.3) is 0 Å². The smallest absolute Gasteiger partial charge is 0.326 e. The van der Waals surface area contributed by atoms with Crippen molar-refractivity contribution in [3.63, 3.8) is 0 Å². The van der Waals surface area contributed by atoms with Crippen molar-refractivity contribution in [2.45, 2.75) is 38.3 Å². The molecule has 2 atom stereocenters. The first-order valence-corrected chi connectivity index (χ1v) is 8.30. The second-order valence-corrected chi connectivity index (χ2v) is 5.90. The number of guanidine groups is 1. The quantitative estimate of drug-likeness (QED) is 0.114. The summed E-state index contributed by atoms with van der Waals surface area (Å²) in [6.45, 7) is 1.62. The summed E-state index contributed by atoms with van der Waals surface area (Å²) in [5.41, 5.74) is 16.8. The topological polar surface area (TPSA) is 183 Å². The van der Waals surface area contributed by atoms with E-state index in [4.69, 9.17) is 21.9 Å². The van der Waals surface area contributed by atoms with Crippen molar-refractivity contribution in [2.75, 3.05) is 6.54 Å². The molecule has 27 heavy (non-hydrogen) atoms. The lowest BCUT2D eigenvalue weighted by molar-refractivity contribution is -0.142. The first-order chi connectivity index (χ1) is 12.7. The Hall–Kier alpha value is -3.14. The van der Waals surface area contributed by atoms with Gasteiger partial charge in [0, 0.05) is 19.9 Å². The summed E-state index contributed by atoms with van der Waals surface area (Å²) in [5.74, 6) is -1.89. The van der Waals surface area contributed by atoms with Gasteiger partial charge in [0.2, 0.25) is 5.91 Å². The van der Waals surface area contributed by atoms with Gasteiger partial charge >= 0.3 is 11.9 Å². The summed E-state index contributed by atoms with van der Waals surface area (Å²) in [4.78, 5) is 38.2. The lowest BCUT2D eigenvalue weighted by atomic mass is 10.0. The van der Waals surface area contributed by atoms with Crippen LogP contribution in [0.3, 0.4) is 0 Å². The van der Waals surface area contributed by atoms with Gasteiger partial charge in [-0.15, -0.1) is 0 Å². The van der Waals surface area contributed by atoms with E-state index in [1.54, 1.807) is 24.3 Å². The minimum Gasteiger partial charge on any atom is -0.480 e. The second kappa shape index (κ2) is 10.8. The summed E-state index contributed by atoms with van der Waals surface area (Å²) in [6, 6.07) is 4.33. The lowest BCUT2D eigenvalue weighted by Gasteiger charge is -2.18. The van der Waals surface area contributed by atoms with Crippen LogP contribution in [0.1, 0.15) is 25.3 Å². The van der Waals surface area contributed by atoms with Gasteiger partial charge in [0.05, 0.1) is 6.04 Å². The molecule has 0 fully saturated rings. The van der Waals surface area contributed by atoms with E-state index in [9.17, 15) is 19.5 Å². The number of carbonyl (C=O) groups is 3. The van der Waals surface area contributed by atoms with Gasteiger partial charge in [-0.05, 0) is 30.5 Å². The normalized spacial score (nSPS) is 12.5. The largest absolute Gasteiger partial charge is 0.480 e. The number of hydrogen-bond acceptors (Lipinski definition) is 6. The maximum atomic E-state index is 12.1. The monoisotopic (exact) mass is 379 g/mol. The van der Waals surface area contributed by atoms with Crippen molar-refractivity contribution in [1.82, 2.24) is 5.32 Å². The molecular formula is C17H25N5O5. The zero-order chi connectivity index (χ0) is 20.4. The molecule has 10 nitrogen and oxygen atoms in total. The van der Waals surface area contributed by atoms with E-state index in [0.29, 0.717) is 30.7 Å². The number of carboxylic acid groups (broad SMARTS) is 1. The van der Waals surface area contributed by atoms with Gasteiger partial charge in [0.15, 0.2) is 5.96 Å². The van der Waals surface area contributed by atoms with E-state index in [-0.39, 0.29) is 12.4 Å². The van der Waals surface area contributed by atoms with Gasteiger partial charge in [0.1, 0.15) is 11.8 Å². The van der Waals surface area contributed by atoms with Crippen molar-refractivity contribution >= 4 is 23.8 Å². The van der Waals surface area contributed by atoms with Gasteiger partial charge in [-0.2, -0.15) is 0 Å². The Balaban J connectivity index is 2.60. The number of ether oxygens (including phenoxy) is 1. The lowest BCUT2D eigenvalue weighted by Crippen LogP contribution is -2.49. The minimum absolute atomic E-state index is 0.0429. The average Bonchev–Trinajstić information content (AvgIpc) is 2.58. The molecule has 10 heteroatoms. The van der Waals surface area contributed by atoms with Gasteiger partial charge < -0.3 is 32.4 Å². The Morgan fingerprint density at radius 1 is 1.22 bits per heavy atom. The Kier molecular flexibility index (Phi) is 8.73. The fourth-order valence-corrected chi connectivity index (χ4v) is 2.22. The summed E-state index contributed by atoms with van der Waals surface area (Å²) in [6.07, 6.45) is 0.857. The first kappa shape index (κ1) is 21.9. The summed E-state index contributed by atoms with van der Waals surface area (Å²) in [7, 11) is 0. The molecule has 1 aromatic rings. The molecule has 0 aromatic heterocycles. The molecule has 0 unspecified atom stereocenters. The van der Waals surface area contributed by atoms with Crippen molar-refractivity contribution in [3.8, 4) is 5.75 Å². The van der Waals surface area contributed by atoms with Crippen LogP contribution < -0.4 is 27.3 Å². The number of nitrogens with zero attached hydrogens (tertiary/aromatic N) is 1. The number of carbonyl (C=O) groups excluding carboxylic acids is 2. The molecule has 0 aliphatic carbocycles. The standard InChI is InChI=1S/C17H25N5O5/c1-10(23)27-12-6-4-11(5-7-12)9-14(16(25)26)22-15(24)13(18)3-2-8-21-17(19)20/h4-7,13-14H,2-3,8-9,18H2,1H3,(H,22,24)(H,25,26)(H4,19,20,21)/t13-,14-/m1/s1. The number of nitrogens with one attached hydrogen (secondary N) is 1. The van der Waals surface area contributed by atoms with Crippen LogP contribution in [-0.2, 0) is 20.8 Å². The number of hydrogen-bond donors (Lipinski definition) is 5. The number of esters is 1. The Bertz CT molecular complexity index is 685. The van der Waals surface area contributed by atoms with E-state index in [1.165, 1.54) is 6.92 Å². The van der Waals surface area contributed by atoms with Gasteiger partial charge in [-0.3, -0.25) is 14.6 Å². The third-order valence-corrected chi connectivity index (χ3v) is 3.54. The molecule has 1 rings (SSSR count). The third-order valence-electron chi connectivity index (χ3n) is 3.54. The SMILES string of the molecule is CC(=O)Oc1ccc(C[C@@H](NC(=O)[C@H](N)CCCN=C(N)N)C(=O)O)cc1. The third kappa shape index (κ3) is 8.68. The highest BCUT2D eigenvalue weighted by Crippen LogP contribution is 2.14. The number of aliphatic carboxylic acids is 1. The highest BCUT2D eigenvalue weighted by atomic mass is 16.5. The molecule has 1 amide bonds. The maximum Gasteiger partial charge on any atom is 0.326 e. The molecule has 0 aliphatic rings. The Labute approximate surface area is 156 Å². The van der Waals surface area contributed by atoms with Crippen LogP contribution in [0, 0.1) is 0 Å². The van der Waals surface area contributed by atoms with E-state index < -0.39 is 29.9 Å². The fraction of sp³-hybridized carbons (Fsp3) is 0.412. The zero-order valence-electron chi connectivity index (χ0n) is 15.1. The zero-order valence-corrected chi connectivity index (χ0v) is 15.1. The molecule has 0 bridgehead atoms. The first-order valence-electron chi connectivity index (χ1n) is 8.30. The summed E-state index contributed by atoms with van der Waals surface area (Å²) < 4.78 is 4.91. The molecule has 0 saturated heterocycles. The van der Waals surface area contributed by atoms with Crippen molar-refractivity contribution < 1.29 is 24.2 Å². The van der Waals surface area contributed by atoms with Crippen LogP contribution in [0.25, 0.3) is 0 Å². The molecule has 0 saturated carbocycles. The molecular weight excluding hydrogens is 354 g/mol. The van der Waals surface area contributed by atoms with E-state index in [1.807, 2.05) is 0 Å². The summed E-state index contributed by atoms with van der Waals surface area (Å²) in [5, 5.41) is 11.8. The van der Waals surface area contributed by atoms with Crippen molar-refractivity contribution in [2.24, 2.45) is 22.2 Å². The number of carboxylic acids is 1. The number of rotatable bonds is 10. The maximum absolute atomic E-state index is 12.1. The fourth-order valence-electron chi connectivity index (χ4n) is 2.22. The van der Waals surface area contributed by atoms with Crippen molar-refractivity contribution in [1.29, 1.82) is 0 Å². The molecule has 1 aromatic carbocycles. The van der Waals surface area contributed by atoms with Gasteiger partial charge in [-0.25, -0.2) is 4.79 Å². The van der Waals surface area contributed by atoms with Crippen LogP contribution in [-0.4, -0.2) is 47.5 Å². The molecule has 0 heterocycles. The van der Waals surface area contributed by atoms with Crippen LogP contribution in [0.5, 0.6) is 5.75 Å². The van der Waals surface area contributed by atoms with E-state index >= 15 is 0 Å². The van der Waals surface area contributed by atoms with Crippen LogP contribution in [0.2, 0.25) is 0 Å². The predicted molar refractivity (Wildman–Crippen MR) is 98.9 cm³/mol. The van der Waals surface area contributed by atoms with E-state index in [0.717, 1.165) is 0 Å². The van der Waals surface area contributed by atoms with Crippen LogP contribution in [0.15, 0.2) is 29.3 Å². The minimum atomic E-state index is -1.18. The van der Waals surface area contributed by atoms with Crippen LogP contribution in [0.4, 0.5) is 0 Å². The Morgan fingerprint density at radius 3 is 2.37 bits per heavy atom. The highest BCUT2D eigenvalue weighted by Gasteiger charge is 2.23. The average molecular weight is 379 g/mol. The molecule has 0 radical (unpaired) electrons. The van der Waals surface area contributed by atoms with Crippen LogP contribution >= 0.6 is 0 Å². The van der Waals surface area contributed by atoms with Crippen molar-refractivity contribution in [3.05, 3.63) is 29.8 Å². The predicted octanol–water partition coefficient (Wildman–Crippen LogP) is -0.895. The molecule has 8 N–H and O–H groups in total. The number of amides is 1. The van der Waals surface area contributed by atoms with E-state index in [2.05, 4.69) is 10.3 Å². The molecule has 0 spiro atoms. The number of benzene rings is 1.